The molecule has 0 heterocycles. The van der Waals surface area contributed by atoms with Gasteiger partial charge in [-0.2, -0.15) is 11.8 Å². The third-order valence-electron chi connectivity index (χ3n) is 2.97. The third kappa shape index (κ3) is 3.32. The first kappa shape index (κ1) is 14.7. The van der Waals surface area contributed by atoms with Crippen molar-refractivity contribution in [2.45, 2.75) is 19.4 Å². The van der Waals surface area contributed by atoms with E-state index in [1.54, 1.807) is 29.8 Å². The van der Waals surface area contributed by atoms with E-state index in [2.05, 4.69) is 0 Å². The van der Waals surface area contributed by atoms with Crippen LogP contribution in [-0.4, -0.2) is 46.1 Å². The largest absolute Gasteiger partial charge is 0.504 e. The lowest BCUT2D eigenvalue weighted by Gasteiger charge is -2.25. The van der Waals surface area contributed by atoms with Gasteiger partial charge in [0.15, 0.2) is 11.5 Å². The Morgan fingerprint density at radius 1 is 1.44 bits per heavy atom. The maximum atomic E-state index is 12.2. The van der Waals surface area contributed by atoms with E-state index in [4.69, 9.17) is 0 Å². The smallest absolute Gasteiger partial charge is 0.257 e. The van der Waals surface area contributed by atoms with E-state index in [9.17, 15) is 15.0 Å². The normalized spacial score (nSPS) is 12.2. The molecule has 0 saturated carbocycles. The summed E-state index contributed by atoms with van der Waals surface area (Å²) in [6, 6.07) is 4.49. The second kappa shape index (κ2) is 6.54. The van der Waals surface area contributed by atoms with Crippen LogP contribution in [0.25, 0.3) is 0 Å². The predicted molar refractivity (Wildman–Crippen MR) is 74.3 cm³/mol. The summed E-state index contributed by atoms with van der Waals surface area (Å²) in [4.78, 5) is 13.8. The summed E-state index contributed by atoms with van der Waals surface area (Å²) in [7, 11) is 1.71. The molecule has 1 atom stereocenters. The van der Waals surface area contributed by atoms with Crippen molar-refractivity contribution in [2.75, 3.05) is 19.1 Å². The third-order valence-corrected chi connectivity index (χ3v) is 3.61. The van der Waals surface area contributed by atoms with Gasteiger partial charge in [-0.3, -0.25) is 4.79 Å². The van der Waals surface area contributed by atoms with Gasteiger partial charge in [-0.05, 0) is 37.5 Å². The summed E-state index contributed by atoms with van der Waals surface area (Å²) in [5, 5.41) is 19.1. The first-order valence-corrected chi connectivity index (χ1v) is 7.15. The van der Waals surface area contributed by atoms with Crippen LogP contribution in [0.1, 0.15) is 23.7 Å². The van der Waals surface area contributed by atoms with Crippen LogP contribution >= 0.6 is 11.8 Å². The molecular weight excluding hydrogens is 250 g/mol. The number of benzene rings is 1. The van der Waals surface area contributed by atoms with E-state index in [0.29, 0.717) is 0 Å². The fraction of sp³-hybridized carbons (Fsp3) is 0.462. The van der Waals surface area contributed by atoms with E-state index in [1.807, 2.05) is 13.2 Å². The maximum absolute atomic E-state index is 12.2. The summed E-state index contributed by atoms with van der Waals surface area (Å²) in [5.41, 5.74) is 0.133. The number of rotatable bonds is 5. The average Bonchev–Trinajstić information content (AvgIpc) is 2.37. The van der Waals surface area contributed by atoms with Gasteiger partial charge < -0.3 is 15.1 Å². The number of hydrogen-bond acceptors (Lipinski definition) is 4. The van der Waals surface area contributed by atoms with Crippen LogP contribution in [0.5, 0.6) is 11.5 Å². The van der Waals surface area contributed by atoms with Crippen molar-refractivity contribution in [3.05, 3.63) is 23.8 Å². The Balaban J connectivity index is 2.83. The number of carbonyl (C=O) groups is 1. The Morgan fingerprint density at radius 3 is 2.72 bits per heavy atom. The lowest BCUT2D eigenvalue weighted by molar-refractivity contribution is 0.0737. The molecule has 5 heteroatoms. The molecule has 0 aliphatic rings. The van der Waals surface area contributed by atoms with E-state index in [-0.39, 0.29) is 29.0 Å². The molecule has 1 unspecified atom stereocenters. The van der Waals surface area contributed by atoms with Gasteiger partial charge in [-0.15, -0.1) is 0 Å². The minimum absolute atomic E-state index is 0.0895. The molecule has 1 aromatic rings. The molecule has 0 saturated heterocycles. The van der Waals surface area contributed by atoms with Crippen LogP contribution in [0.4, 0.5) is 0 Å². The number of amides is 1. The molecule has 0 aliphatic heterocycles. The summed E-state index contributed by atoms with van der Waals surface area (Å²) in [5.74, 6) is 0.0691. The maximum Gasteiger partial charge on any atom is 0.257 e. The minimum Gasteiger partial charge on any atom is -0.504 e. The van der Waals surface area contributed by atoms with Gasteiger partial charge in [0.25, 0.3) is 5.91 Å². The molecule has 1 amide bonds. The number of para-hydroxylation sites is 1. The molecule has 18 heavy (non-hydrogen) atoms. The molecule has 0 aliphatic carbocycles. The predicted octanol–water partition coefficient (Wildman–Crippen LogP) is 2.31. The number of phenolic OH excluding ortho intramolecular Hbond substituents is 2. The van der Waals surface area contributed by atoms with Crippen molar-refractivity contribution < 1.29 is 15.0 Å². The molecule has 1 aromatic carbocycles. The number of aromatic hydroxyl groups is 2. The lowest BCUT2D eigenvalue weighted by Crippen LogP contribution is -2.35. The Labute approximate surface area is 112 Å². The highest BCUT2D eigenvalue weighted by Crippen LogP contribution is 2.29. The van der Waals surface area contributed by atoms with Crippen molar-refractivity contribution in [3.63, 3.8) is 0 Å². The molecular formula is C13H19NO3S. The van der Waals surface area contributed by atoms with Crippen molar-refractivity contribution in [1.29, 1.82) is 0 Å². The Bertz CT molecular complexity index is 423. The molecule has 2 N–H and O–H groups in total. The van der Waals surface area contributed by atoms with Gasteiger partial charge >= 0.3 is 0 Å². The van der Waals surface area contributed by atoms with Gasteiger partial charge in [0, 0.05) is 13.1 Å². The zero-order valence-electron chi connectivity index (χ0n) is 10.9. The molecule has 0 radical (unpaired) electrons. The fourth-order valence-electron chi connectivity index (χ4n) is 1.58. The van der Waals surface area contributed by atoms with Crippen LogP contribution in [0.3, 0.4) is 0 Å². The monoisotopic (exact) mass is 269 g/mol. The van der Waals surface area contributed by atoms with Crippen molar-refractivity contribution in [3.8, 4) is 11.5 Å². The van der Waals surface area contributed by atoms with Crippen LogP contribution in [0, 0.1) is 0 Å². The molecule has 0 fully saturated rings. The van der Waals surface area contributed by atoms with Crippen LogP contribution in [0.15, 0.2) is 18.2 Å². The van der Waals surface area contributed by atoms with Crippen molar-refractivity contribution >= 4 is 17.7 Å². The summed E-state index contributed by atoms with van der Waals surface area (Å²) in [6.45, 7) is 1.97. The molecule has 100 valence electrons. The number of nitrogens with zero attached hydrogens (tertiary/aromatic N) is 1. The van der Waals surface area contributed by atoms with Gasteiger partial charge in [0.1, 0.15) is 0 Å². The van der Waals surface area contributed by atoms with Crippen LogP contribution in [0.2, 0.25) is 0 Å². The molecule has 4 nitrogen and oxygen atoms in total. The Kier molecular flexibility index (Phi) is 5.34. The van der Waals surface area contributed by atoms with Gasteiger partial charge in [-0.1, -0.05) is 6.07 Å². The zero-order chi connectivity index (χ0) is 13.7. The van der Waals surface area contributed by atoms with E-state index in [0.717, 1.165) is 12.2 Å². The molecule has 1 rings (SSSR count). The topological polar surface area (TPSA) is 60.8 Å². The highest BCUT2D eigenvalue weighted by atomic mass is 32.2. The zero-order valence-corrected chi connectivity index (χ0v) is 11.7. The molecule has 0 bridgehead atoms. The van der Waals surface area contributed by atoms with E-state index in [1.165, 1.54) is 12.1 Å². The first-order valence-electron chi connectivity index (χ1n) is 5.76. The van der Waals surface area contributed by atoms with Crippen molar-refractivity contribution in [2.24, 2.45) is 0 Å². The molecule has 0 spiro atoms. The number of phenols is 2. The fourth-order valence-corrected chi connectivity index (χ4v) is 2.15. The van der Waals surface area contributed by atoms with Gasteiger partial charge in [0.05, 0.1) is 5.56 Å². The van der Waals surface area contributed by atoms with E-state index >= 15 is 0 Å². The average molecular weight is 269 g/mol. The van der Waals surface area contributed by atoms with Gasteiger partial charge in [-0.25, -0.2) is 0 Å². The number of carbonyl (C=O) groups excluding carboxylic acids is 1. The van der Waals surface area contributed by atoms with Gasteiger partial charge in [0.2, 0.25) is 0 Å². The van der Waals surface area contributed by atoms with Crippen molar-refractivity contribution in [1.82, 2.24) is 4.90 Å². The SMILES string of the molecule is CSCCC(C)N(C)C(=O)c1cccc(O)c1O. The minimum atomic E-state index is -0.355. The quantitative estimate of drug-likeness (QED) is 0.805. The van der Waals surface area contributed by atoms with E-state index < -0.39 is 0 Å². The summed E-state index contributed by atoms with van der Waals surface area (Å²) >= 11 is 1.73. The Hall–Kier alpha value is -1.36. The standard InChI is InChI=1S/C13H19NO3S/c1-9(7-8-18-3)14(2)13(17)10-5-4-6-11(15)12(10)16/h4-6,9,15-16H,7-8H2,1-3H3. The lowest BCUT2D eigenvalue weighted by atomic mass is 10.1. The molecule has 0 aromatic heterocycles. The summed E-state index contributed by atoms with van der Waals surface area (Å²) in [6.07, 6.45) is 2.92. The first-order chi connectivity index (χ1) is 8.49. The van der Waals surface area contributed by atoms with Crippen LogP contribution in [-0.2, 0) is 0 Å². The second-order valence-electron chi connectivity index (χ2n) is 4.22. The number of hydrogen-bond donors (Lipinski definition) is 2. The Morgan fingerprint density at radius 2 is 2.11 bits per heavy atom. The van der Waals surface area contributed by atoms with Crippen LogP contribution < -0.4 is 0 Å². The summed E-state index contributed by atoms with van der Waals surface area (Å²) < 4.78 is 0. The highest BCUT2D eigenvalue weighted by molar-refractivity contribution is 7.98. The second-order valence-corrected chi connectivity index (χ2v) is 5.21. The number of thioether (sulfide) groups is 1. The highest BCUT2D eigenvalue weighted by Gasteiger charge is 2.21.